The van der Waals surface area contributed by atoms with Gasteiger partial charge < -0.3 is 14.4 Å². The van der Waals surface area contributed by atoms with E-state index in [1.54, 1.807) is 11.0 Å². The van der Waals surface area contributed by atoms with Gasteiger partial charge in [0.1, 0.15) is 16.4 Å². The highest BCUT2D eigenvalue weighted by Crippen LogP contribution is 2.28. The smallest absolute Gasteiger partial charge is 0.244 e. The van der Waals surface area contributed by atoms with Crippen LogP contribution in [0.4, 0.5) is 0 Å². The van der Waals surface area contributed by atoms with Crippen LogP contribution < -0.4 is 14.2 Å². The minimum absolute atomic E-state index is 0.0371. The number of hydrogen-bond acceptors (Lipinski definition) is 5. The molecule has 1 amide bonds. The Labute approximate surface area is 165 Å². The van der Waals surface area contributed by atoms with Crippen molar-refractivity contribution in [2.24, 2.45) is 5.92 Å². The van der Waals surface area contributed by atoms with Crippen molar-refractivity contribution in [3.63, 3.8) is 0 Å². The Morgan fingerprint density at radius 1 is 1.11 bits per heavy atom. The number of carbonyl (C=O) groups excluding carboxylic acids is 1. The van der Waals surface area contributed by atoms with Crippen LogP contribution in [0.5, 0.6) is 11.5 Å². The van der Waals surface area contributed by atoms with Crippen LogP contribution in [-0.2, 0) is 21.4 Å². The number of likely N-dealkylation sites (tertiary alicyclic amines) is 1. The maximum absolute atomic E-state index is 12.7. The largest absolute Gasteiger partial charge is 0.497 e. The van der Waals surface area contributed by atoms with Crippen LogP contribution in [0.1, 0.15) is 12.0 Å². The molecule has 1 saturated heterocycles. The summed E-state index contributed by atoms with van der Waals surface area (Å²) in [5, 5.41) is 0. The number of ether oxygens (including phenoxy) is 2. The van der Waals surface area contributed by atoms with E-state index in [1.165, 1.54) is 26.4 Å². The first-order valence-corrected chi connectivity index (χ1v) is 10.4. The molecule has 1 N–H and O–H groups in total. The molecule has 0 aliphatic carbocycles. The van der Waals surface area contributed by atoms with Crippen LogP contribution in [0.2, 0.25) is 0 Å². The first-order valence-electron chi connectivity index (χ1n) is 8.96. The summed E-state index contributed by atoms with van der Waals surface area (Å²) in [6, 6.07) is 14.3. The van der Waals surface area contributed by atoms with Gasteiger partial charge in [-0.25, -0.2) is 13.1 Å². The van der Waals surface area contributed by atoms with Gasteiger partial charge in [-0.15, -0.1) is 0 Å². The van der Waals surface area contributed by atoms with Crippen molar-refractivity contribution in [3.05, 3.63) is 54.1 Å². The molecule has 0 radical (unpaired) electrons. The minimum Gasteiger partial charge on any atom is -0.497 e. The van der Waals surface area contributed by atoms with Gasteiger partial charge in [0.25, 0.3) is 0 Å². The lowest BCUT2D eigenvalue weighted by Crippen LogP contribution is -2.31. The van der Waals surface area contributed by atoms with Crippen molar-refractivity contribution in [2.45, 2.75) is 17.9 Å². The summed E-state index contributed by atoms with van der Waals surface area (Å²) >= 11 is 0. The molecule has 0 aromatic heterocycles. The number of amides is 1. The first-order chi connectivity index (χ1) is 13.4. The van der Waals surface area contributed by atoms with Crippen LogP contribution in [0.15, 0.2) is 53.4 Å². The summed E-state index contributed by atoms with van der Waals surface area (Å²) in [6.45, 7) is 1.25. The van der Waals surface area contributed by atoms with Crippen LogP contribution in [0, 0.1) is 5.92 Å². The predicted molar refractivity (Wildman–Crippen MR) is 105 cm³/mol. The summed E-state index contributed by atoms with van der Waals surface area (Å²) in [7, 11) is -0.863. The minimum atomic E-state index is -3.77. The summed E-state index contributed by atoms with van der Waals surface area (Å²) in [4.78, 5) is 14.1. The van der Waals surface area contributed by atoms with Crippen LogP contribution >= 0.6 is 0 Å². The third kappa shape index (κ3) is 4.63. The second-order valence-corrected chi connectivity index (χ2v) is 8.43. The molecule has 7 nitrogen and oxygen atoms in total. The van der Waals surface area contributed by atoms with Gasteiger partial charge in [-0.3, -0.25) is 4.79 Å². The lowest BCUT2D eigenvalue weighted by atomic mass is 10.1. The molecule has 1 fully saturated rings. The quantitative estimate of drug-likeness (QED) is 0.728. The molecule has 1 aliphatic heterocycles. The number of nitrogens with zero attached hydrogens (tertiary/aromatic N) is 1. The van der Waals surface area contributed by atoms with E-state index in [-0.39, 0.29) is 29.0 Å². The third-order valence-corrected chi connectivity index (χ3v) is 6.20. The molecular formula is C20H24N2O5S. The standard InChI is InChI=1S/C20H24N2O5S/c1-26-17-8-9-19(18(11-17)27-2)28(24,25)21-12-16-10-20(23)22(14-16)13-15-6-4-3-5-7-15/h3-9,11,16,21H,10,12-14H2,1-2H3. The number of hydrogen-bond donors (Lipinski definition) is 1. The molecule has 0 saturated carbocycles. The molecule has 150 valence electrons. The maximum atomic E-state index is 12.7. The second kappa shape index (κ2) is 8.62. The van der Waals surface area contributed by atoms with E-state index in [4.69, 9.17) is 9.47 Å². The summed E-state index contributed by atoms with van der Waals surface area (Å²) in [5.41, 5.74) is 1.06. The Bertz CT molecular complexity index is 931. The summed E-state index contributed by atoms with van der Waals surface area (Å²) in [5.74, 6) is 0.680. The van der Waals surface area contributed by atoms with Gasteiger partial charge >= 0.3 is 0 Å². The van der Waals surface area contributed by atoms with Gasteiger partial charge in [0, 0.05) is 32.1 Å². The van der Waals surface area contributed by atoms with Crippen molar-refractivity contribution < 1.29 is 22.7 Å². The number of methoxy groups -OCH3 is 2. The van der Waals surface area contributed by atoms with E-state index in [9.17, 15) is 13.2 Å². The highest BCUT2D eigenvalue weighted by atomic mass is 32.2. The molecule has 0 spiro atoms. The molecule has 8 heteroatoms. The van der Waals surface area contributed by atoms with E-state index in [2.05, 4.69) is 4.72 Å². The van der Waals surface area contributed by atoms with E-state index in [0.717, 1.165) is 5.56 Å². The molecule has 0 bridgehead atoms. The molecule has 3 rings (SSSR count). The number of carbonyl (C=O) groups is 1. The van der Waals surface area contributed by atoms with E-state index < -0.39 is 10.0 Å². The Morgan fingerprint density at radius 3 is 2.54 bits per heavy atom. The average Bonchev–Trinajstić information content (AvgIpc) is 3.06. The van der Waals surface area contributed by atoms with E-state index in [1.807, 2.05) is 30.3 Å². The fourth-order valence-electron chi connectivity index (χ4n) is 3.25. The first kappa shape index (κ1) is 20.2. The van der Waals surface area contributed by atoms with Crippen molar-refractivity contribution >= 4 is 15.9 Å². The lowest BCUT2D eigenvalue weighted by molar-refractivity contribution is -0.128. The third-order valence-electron chi connectivity index (χ3n) is 4.73. The number of benzene rings is 2. The van der Waals surface area contributed by atoms with Crippen LogP contribution in [0.25, 0.3) is 0 Å². The van der Waals surface area contributed by atoms with Gasteiger partial charge in [-0.05, 0) is 23.6 Å². The Balaban J connectivity index is 1.63. The lowest BCUT2D eigenvalue weighted by Gasteiger charge is -2.17. The topological polar surface area (TPSA) is 84.9 Å². The van der Waals surface area contributed by atoms with Crippen LogP contribution in [-0.4, -0.2) is 46.5 Å². The van der Waals surface area contributed by atoms with Gasteiger partial charge in [0.15, 0.2) is 0 Å². The van der Waals surface area contributed by atoms with E-state index in [0.29, 0.717) is 25.3 Å². The SMILES string of the molecule is COc1ccc(S(=O)(=O)NCC2CC(=O)N(Cc3ccccc3)C2)c(OC)c1. The molecule has 2 aromatic rings. The molecule has 28 heavy (non-hydrogen) atoms. The Morgan fingerprint density at radius 2 is 1.86 bits per heavy atom. The summed E-state index contributed by atoms with van der Waals surface area (Å²) in [6.07, 6.45) is 0.328. The molecular weight excluding hydrogens is 380 g/mol. The van der Waals surface area contributed by atoms with Crippen LogP contribution in [0.3, 0.4) is 0 Å². The number of sulfonamides is 1. The number of rotatable bonds is 8. The van der Waals surface area contributed by atoms with Crippen molar-refractivity contribution in [3.8, 4) is 11.5 Å². The van der Waals surface area contributed by atoms with Crippen molar-refractivity contribution in [1.29, 1.82) is 0 Å². The molecule has 2 aromatic carbocycles. The van der Waals surface area contributed by atoms with Gasteiger partial charge in [-0.2, -0.15) is 0 Å². The zero-order valence-electron chi connectivity index (χ0n) is 15.9. The fraction of sp³-hybridized carbons (Fsp3) is 0.350. The molecule has 1 heterocycles. The Kier molecular flexibility index (Phi) is 6.21. The number of nitrogens with one attached hydrogen (secondary N) is 1. The van der Waals surface area contributed by atoms with Crippen molar-refractivity contribution in [1.82, 2.24) is 9.62 Å². The summed E-state index contributed by atoms with van der Waals surface area (Å²) < 4.78 is 38.3. The Hall–Kier alpha value is -2.58. The molecule has 1 atom stereocenters. The average molecular weight is 404 g/mol. The normalized spacial score (nSPS) is 17.0. The fourth-order valence-corrected chi connectivity index (χ4v) is 4.51. The second-order valence-electron chi connectivity index (χ2n) is 6.70. The van der Waals surface area contributed by atoms with E-state index >= 15 is 0 Å². The predicted octanol–water partition coefficient (Wildman–Crippen LogP) is 2.03. The van der Waals surface area contributed by atoms with Gasteiger partial charge in [0.05, 0.1) is 14.2 Å². The zero-order chi connectivity index (χ0) is 20.1. The zero-order valence-corrected chi connectivity index (χ0v) is 16.7. The maximum Gasteiger partial charge on any atom is 0.244 e. The molecule has 1 aliphatic rings. The highest BCUT2D eigenvalue weighted by molar-refractivity contribution is 7.89. The highest BCUT2D eigenvalue weighted by Gasteiger charge is 2.31. The van der Waals surface area contributed by atoms with Gasteiger partial charge in [0.2, 0.25) is 15.9 Å². The molecule has 1 unspecified atom stereocenters. The van der Waals surface area contributed by atoms with Crippen molar-refractivity contribution in [2.75, 3.05) is 27.3 Å². The monoisotopic (exact) mass is 404 g/mol. The van der Waals surface area contributed by atoms with Gasteiger partial charge in [-0.1, -0.05) is 30.3 Å².